The van der Waals surface area contributed by atoms with Crippen molar-refractivity contribution >= 4 is 34.2 Å². The molecule has 1 aromatic rings. The highest BCUT2D eigenvalue weighted by atomic mass is 32.2. The van der Waals surface area contributed by atoms with Crippen molar-refractivity contribution in [3.63, 3.8) is 0 Å². The van der Waals surface area contributed by atoms with Gasteiger partial charge in [0, 0.05) is 25.4 Å². The van der Waals surface area contributed by atoms with Crippen LogP contribution in [0.1, 0.15) is 6.92 Å². The first kappa shape index (κ1) is 14.0. The minimum atomic E-state index is -0.295. The monoisotopic (exact) mass is 273 g/mol. The molecule has 0 fully saturated rings. The van der Waals surface area contributed by atoms with Gasteiger partial charge in [0.05, 0.1) is 7.11 Å². The van der Waals surface area contributed by atoms with E-state index in [1.165, 1.54) is 18.4 Å². The number of hydrogen-bond donors (Lipinski definition) is 0. The smallest absolute Gasteiger partial charge is 0.333 e. The van der Waals surface area contributed by atoms with Gasteiger partial charge in [-0.15, -0.1) is 10.2 Å². The molecule has 0 saturated heterocycles. The van der Waals surface area contributed by atoms with Crippen LogP contribution in [0.25, 0.3) is 0 Å². The first-order chi connectivity index (χ1) is 8.04. The van der Waals surface area contributed by atoms with E-state index in [0.29, 0.717) is 11.3 Å². The fourth-order valence-corrected chi connectivity index (χ4v) is 2.66. The molecule has 0 aliphatic carbocycles. The molecule has 17 heavy (non-hydrogen) atoms. The summed E-state index contributed by atoms with van der Waals surface area (Å²) in [4.78, 5) is 13.0. The summed E-state index contributed by atoms with van der Waals surface area (Å²) >= 11 is 3.08. The highest BCUT2D eigenvalue weighted by Gasteiger charge is 2.06. The van der Waals surface area contributed by atoms with Crippen LogP contribution in [-0.2, 0) is 9.53 Å². The van der Waals surface area contributed by atoms with Gasteiger partial charge in [-0.1, -0.05) is 29.2 Å². The second kappa shape index (κ2) is 6.61. The number of aromatic nitrogens is 2. The molecule has 0 bridgehead atoms. The van der Waals surface area contributed by atoms with Crippen molar-refractivity contribution in [3.05, 3.63) is 11.6 Å². The molecule has 1 rings (SSSR count). The Hall–Kier alpha value is -1.08. The van der Waals surface area contributed by atoms with E-state index < -0.39 is 0 Å². The maximum atomic E-state index is 11.1. The zero-order valence-electron chi connectivity index (χ0n) is 10.3. The summed E-state index contributed by atoms with van der Waals surface area (Å²) in [7, 11) is 5.23. The molecule has 0 atom stereocenters. The molecule has 1 aromatic heterocycles. The molecular weight excluding hydrogens is 258 g/mol. The largest absolute Gasteiger partial charge is 0.466 e. The molecule has 0 saturated carbocycles. The molecule has 1 heterocycles. The van der Waals surface area contributed by atoms with Gasteiger partial charge in [-0.3, -0.25) is 0 Å². The van der Waals surface area contributed by atoms with Crippen molar-refractivity contribution < 1.29 is 9.53 Å². The second-order valence-electron chi connectivity index (χ2n) is 3.43. The van der Waals surface area contributed by atoms with Gasteiger partial charge in [0.25, 0.3) is 0 Å². The summed E-state index contributed by atoms with van der Waals surface area (Å²) < 4.78 is 5.49. The Morgan fingerprint density at radius 1 is 1.53 bits per heavy atom. The molecule has 0 radical (unpaired) electrons. The molecule has 0 spiro atoms. The van der Waals surface area contributed by atoms with Crippen molar-refractivity contribution in [2.45, 2.75) is 11.3 Å². The Morgan fingerprint density at radius 2 is 2.24 bits per heavy atom. The molecule has 94 valence electrons. The number of methoxy groups -OCH3 is 1. The van der Waals surface area contributed by atoms with Crippen LogP contribution >= 0.6 is 23.1 Å². The van der Waals surface area contributed by atoms with Gasteiger partial charge in [0.2, 0.25) is 5.13 Å². The van der Waals surface area contributed by atoms with Crippen molar-refractivity contribution in [1.29, 1.82) is 0 Å². The van der Waals surface area contributed by atoms with E-state index in [0.717, 1.165) is 9.47 Å². The average Bonchev–Trinajstić information content (AvgIpc) is 2.76. The lowest BCUT2D eigenvalue weighted by Gasteiger charge is -2.03. The number of carbonyl (C=O) groups excluding carboxylic acids is 1. The SMILES string of the molecule is COC(=O)/C(C)=C/CSc1nnc(N(C)C)s1. The van der Waals surface area contributed by atoms with Gasteiger partial charge in [0.1, 0.15) is 0 Å². The number of ether oxygens (including phenoxy) is 1. The predicted octanol–water partition coefficient (Wildman–Crippen LogP) is 1.82. The van der Waals surface area contributed by atoms with Gasteiger partial charge in [-0.05, 0) is 6.92 Å². The minimum absolute atomic E-state index is 0.295. The second-order valence-corrected chi connectivity index (χ2v) is 5.66. The molecule has 0 aliphatic heterocycles. The molecule has 0 amide bonds. The number of thioether (sulfide) groups is 1. The topological polar surface area (TPSA) is 55.3 Å². The lowest BCUT2D eigenvalue weighted by molar-refractivity contribution is -0.136. The molecule has 0 aromatic carbocycles. The Balaban J connectivity index is 2.48. The lowest BCUT2D eigenvalue weighted by atomic mass is 10.3. The van der Waals surface area contributed by atoms with Crippen molar-refractivity contribution in [2.75, 3.05) is 31.9 Å². The van der Waals surface area contributed by atoms with Crippen LogP contribution in [0.2, 0.25) is 0 Å². The van der Waals surface area contributed by atoms with Crippen molar-refractivity contribution in [2.24, 2.45) is 0 Å². The average molecular weight is 273 g/mol. The van der Waals surface area contributed by atoms with Gasteiger partial charge in [-0.25, -0.2) is 4.79 Å². The van der Waals surface area contributed by atoms with Crippen LogP contribution in [-0.4, -0.2) is 43.1 Å². The number of nitrogens with zero attached hydrogens (tertiary/aromatic N) is 3. The Morgan fingerprint density at radius 3 is 2.76 bits per heavy atom. The zero-order valence-corrected chi connectivity index (χ0v) is 11.9. The third kappa shape index (κ3) is 4.35. The molecular formula is C10H15N3O2S2. The molecule has 0 unspecified atom stereocenters. The number of esters is 1. The van der Waals surface area contributed by atoms with Gasteiger partial charge in [0.15, 0.2) is 4.34 Å². The summed E-state index contributed by atoms with van der Waals surface area (Å²) in [5, 5.41) is 8.95. The maximum Gasteiger partial charge on any atom is 0.333 e. The van der Waals surface area contributed by atoms with Gasteiger partial charge < -0.3 is 9.64 Å². The maximum absolute atomic E-state index is 11.1. The fraction of sp³-hybridized carbons (Fsp3) is 0.500. The van der Waals surface area contributed by atoms with E-state index in [1.807, 2.05) is 25.1 Å². The summed E-state index contributed by atoms with van der Waals surface area (Å²) in [5.74, 6) is 0.389. The third-order valence-corrected chi connectivity index (χ3v) is 4.03. The van der Waals surface area contributed by atoms with Crippen molar-refractivity contribution in [1.82, 2.24) is 10.2 Å². The summed E-state index contributed by atoms with van der Waals surface area (Å²) in [6.07, 6.45) is 1.83. The first-order valence-electron chi connectivity index (χ1n) is 4.93. The number of rotatable bonds is 5. The standard InChI is InChI=1S/C10H15N3O2S2/c1-7(8(14)15-4)5-6-16-10-12-11-9(17-10)13(2)3/h5H,6H2,1-4H3/b7-5+. The van der Waals surface area contributed by atoms with E-state index in [1.54, 1.807) is 18.7 Å². The van der Waals surface area contributed by atoms with E-state index in [2.05, 4.69) is 14.9 Å². The van der Waals surface area contributed by atoms with E-state index >= 15 is 0 Å². The lowest BCUT2D eigenvalue weighted by Crippen LogP contribution is -2.07. The van der Waals surface area contributed by atoms with Crippen molar-refractivity contribution in [3.8, 4) is 0 Å². The highest BCUT2D eigenvalue weighted by molar-refractivity contribution is 8.01. The molecule has 7 heteroatoms. The quantitative estimate of drug-likeness (QED) is 0.463. The zero-order chi connectivity index (χ0) is 12.8. The van der Waals surface area contributed by atoms with Crippen LogP contribution in [0.3, 0.4) is 0 Å². The van der Waals surface area contributed by atoms with E-state index in [4.69, 9.17) is 0 Å². The summed E-state index contributed by atoms with van der Waals surface area (Å²) in [5.41, 5.74) is 0.609. The van der Waals surface area contributed by atoms with Crippen LogP contribution in [0, 0.1) is 0 Å². The van der Waals surface area contributed by atoms with Crippen LogP contribution < -0.4 is 4.90 Å². The van der Waals surface area contributed by atoms with E-state index in [-0.39, 0.29) is 5.97 Å². The molecule has 0 N–H and O–H groups in total. The number of carbonyl (C=O) groups is 1. The van der Waals surface area contributed by atoms with E-state index in [9.17, 15) is 4.79 Å². The highest BCUT2D eigenvalue weighted by Crippen LogP contribution is 2.26. The predicted molar refractivity (Wildman–Crippen MR) is 70.7 cm³/mol. The third-order valence-electron chi connectivity index (χ3n) is 1.88. The van der Waals surface area contributed by atoms with Crippen LogP contribution in [0.5, 0.6) is 0 Å². The molecule has 0 aliphatic rings. The number of hydrogen-bond acceptors (Lipinski definition) is 7. The van der Waals surface area contributed by atoms with Crippen LogP contribution in [0.4, 0.5) is 5.13 Å². The Kier molecular flexibility index (Phi) is 5.43. The normalized spacial score (nSPS) is 11.4. The molecule has 5 nitrogen and oxygen atoms in total. The Bertz CT molecular complexity index is 415. The summed E-state index contributed by atoms with van der Waals surface area (Å²) in [6, 6.07) is 0. The first-order valence-corrected chi connectivity index (χ1v) is 6.73. The van der Waals surface area contributed by atoms with Crippen LogP contribution in [0.15, 0.2) is 16.0 Å². The number of anilines is 1. The van der Waals surface area contributed by atoms with Gasteiger partial charge >= 0.3 is 5.97 Å². The summed E-state index contributed by atoms with van der Waals surface area (Å²) in [6.45, 7) is 1.73. The fourth-order valence-electron chi connectivity index (χ4n) is 0.924. The Labute approximate surface area is 109 Å². The van der Waals surface area contributed by atoms with Gasteiger partial charge in [-0.2, -0.15) is 0 Å². The minimum Gasteiger partial charge on any atom is -0.466 e.